The maximum atomic E-state index is 10.8. The zero-order valence-corrected chi connectivity index (χ0v) is 6.87. The lowest BCUT2D eigenvalue weighted by Gasteiger charge is -1.95. The normalized spacial score (nSPS) is 9.50. The van der Waals surface area contributed by atoms with E-state index in [2.05, 4.69) is 9.97 Å². The van der Waals surface area contributed by atoms with Crippen molar-refractivity contribution in [2.75, 3.05) is 0 Å². The second-order valence-electron chi connectivity index (χ2n) is 2.40. The molecule has 0 saturated heterocycles. The fraction of sp³-hybridized carbons (Fsp3) is 0.250. The Hall–Kier alpha value is -1.58. The van der Waals surface area contributed by atoms with Crippen molar-refractivity contribution in [3.8, 4) is 0 Å². The molecule has 1 rings (SSSR count). The van der Waals surface area contributed by atoms with E-state index in [0.717, 1.165) is 0 Å². The molecular formula is C8H8N2O2. The van der Waals surface area contributed by atoms with Crippen LogP contribution in [0.25, 0.3) is 0 Å². The van der Waals surface area contributed by atoms with Crippen LogP contribution in [0.15, 0.2) is 12.4 Å². The Morgan fingerprint density at radius 1 is 1.08 bits per heavy atom. The van der Waals surface area contributed by atoms with Crippen LogP contribution in [0.2, 0.25) is 0 Å². The molecule has 0 fully saturated rings. The lowest BCUT2D eigenvalue weighted by atomic mass is 10.3. The van der Waals surface area contributed by atoms with Crippen molar-refractivity contribution >= 4 is 11.6 Å². The van der Waals surface area contributed by atoms with Crippen molar-refractivity contribution in [3.63, 3.8) is 0 Å². The number of aromatic nitrogens is 2. The van der Waals surface area contributed by atoms with E-state index in [0.29, 0.717) is 0 Å². The molecular weight excluding hydrogens is 156 g/mol. The Kier molecular flexibility index (Phi) is 2.28. The van der Waals surface area contributed by atoms with Crippen molar-refractivity contribution in [3.05, 3.63) is 23.8 Å². The number of Topliss-reactive ketones (excluding diaryl/α,β-unsaturated/α-hetero) is 2. The van der Waals surface area contributed by atoms with Gasteiger partial charge in [-0.15, -0.1) is 0 Å². The average Bonchev–Trinajstić information content (AvgIpc) is 2.04. The van der Waals surface area contributed by atoms with E-state index in [1.165, 1.54) is 26.2 Å². The van der Waals surface area contributed by atoms with Crippen LogP contribution in [0.1, 0.15) is 34.8 Å². The summed E-state index contributed by atoms with van der Waals surface area (Å²) in [6.45, 7) is 2.77. The molecule has 0 aliphatic heterocycles. The van der Waals surface area contributed by atoms with Crippen molar-refractivity contribution in [1.82, 2.24) is 9.97 Å². The van der Waals surface area contributed by atoms with Crippen molar-refractivity contribution in [2.45, 2.75) is 13.8 Å². The predicted octanol–water partition coefficient (Wildman–Crippen LogP) is 0.882. The lowest BCUT2D eigenvalue weighted by Crippen LogP contribution is -2.04. The van der Waals surface area contributed by atoms with Gasteiger partial charge >= 0.3 is 0 Å². The molecule has 0 unspecified atom stereocenters. The van der Waals surface area contributed by atoms with Crippen LogP contribution in [-0.2, 0) is 0 Å². The van der Waals surface area contributed by atoms with Crippen molar-refractivity contribution < 1.29 is 9.59 Å². The van der Waals surface area contributed by atoms with Gasteiger partial charge in [-0.3, -0.25) is 14.6 Å². The third-order valence-electron chi connectivity index (χ3n) is 1.36. The van der Waals surface area contributed by atoms with E-state index < -0.39 is 0 Å². The van der Waals surface area contributed by atoms with E-state index in [9.17, 15) is 9.59 Å². The summed E-state index contributed by atoms with van der Waals surface area (Å²) in [4.78, 5) is 29.1. The molecule has 62 valence electrons. The zero-order valence-electron chi connectivity index (χ0n) is 6.87. The van der Waals surface area contributed by atoms with Gasteiger partial charge in [0.15, 0.2) is 11.6 Å². The molecule has 0 aliphatic carbocycles. The summed E-state index contributed by atoms with van der Waals surface area (Å²) in [5.74, 6) is -0.379. The maximum Gasteiger partial charge on any atom is 0.179 e. The van der Waals surface area contributed by atoms with E-state index in [1.807, 2.05) is 0 Å². The summed E-state index contributed by atoms with van der Waals surface area (Å²) >= 11 is 0. The fourth-order valence-electron chi connectivity index (χ4n) is 0.705. The van der Waals surface area contributed by atoms with Crippen LogP contribution in [0.4, 0.5) is 0 Å². The minimum Gasteiger partial charge on any atom is -0.293 e. The van der Waals surface area contributed by atoms with Crippen LogP contribution < -0.4 is 0 Å². The Balaban J connectivity index is 3.12. The SMILES string of the molecule is CC(=O)c1cncc(C(C)=O)n1. The number of carbonyl (C=O) groups is 2. The van der Waals surface area contributed by atoms with Crippen molar-refractivity contribution in [2.24, 2.45) is 0 Å². The van der Waals surface area contributed by atoms with E-state index in [4.69, 9.17) is 0 Å². The topological polar surface area (TPSA) is 59.9 Å². The van der Waals surface area contributed by atoms with Gasteiger partial charge in [-0.1, -0.05) is 0 Å². The number of ketones is 2. The van der Waals surface area contributed by atoms with Gasteiger partial charge in [-0.25, -0.2) is 4.98 Å². The van der Waals surface area contributed by atoms with Gasteiger partial charge in [0.05, 0.1) is 12.4 Å². The first-order chi connectivity index (χ1) is 5.61. The first-order valence-electron chi connectivity index (χ1n) is 3.45. The minimum absolute atomic E-state index is 0.189. The Bertz CT molecular complexity index is 304. The highest BCUT2D eigenvalue weighted by Crippen LogP contribution is 1.97. The maximum absolute atomic E-state index is 10.8. The second-order valence-corrected chi connectivity index (χ2v) is 2.40. The standard InChI is InChI=1S/C8H8N2O2/c1-5(11)7-3-9-4-8(10-7)6(2)12/h3-4H,1-2H3. The zero-order chi connectivity index (χ0) is 9.14. The van der Waals surface area contributed by atoms with E-state index in [1.54, 1.807) is 0 Å². The molecule has 0 radical (unpaired) electrons. The summed E-state index contributed by atoms with van der Waals surface area (Å²) in [7, 11) is 0. The molecule has 1 heterocycles. The van der Waals surface area contributed by atoms with Gasteiger partial charge in [-0.2, -0.15) is 0 Å². The molecule has 0 N–H and O–H groups in total. The van der Waals surface area contributed by atoms with Gasteiger partial charge in [-0.05, 0) is 0 Å². The first-order valence-corrected chi connectivity index (χ1v) is 3.45. The van der Waals surface area contributed by atoms with E-state index in [-0.39, 0.29) is 23.0 Å². The quantitative estimate of drug-likeness (QED) is 0.609. The number of rotatable bonds is 2. The molecule has 4 heteroatoms. The van der Waals surface area contributed by atoms with E-state index >= 15 is 0 Å². The molecule has 0 aliphatic rings. The van der Waals surface area contributed by atoms with Crippen LogP contribution >= 0.6 is 0 Å². The summed E-state index contributed by atoms with van der Waals surface area (Å²) in [5, 5.41) is 0. The first kappa shape index (κ1) is 8.52. The van der Waals surface area contributed by atoms with Crippen LogP contribution in [0.5, 0.6) is 0 Å². The molecule has 4 nitrogen and oxygen atoms in total. The van der Waals surface area contributed by atoms with Gasteiger partial charge in [0.1, 0.15) is 11.4 Å². The van der Waals surface area contributed by atoms with Gasteiger partial charge in [0, 0.05) is 13.8 Å². The lowest BCUT2D eigenvalue weighted by molar-refractivity contribution is 0.100. The highest BCUT2D eigenvalue weighted by atomic mass is 16.1. The molecule has 0 saturated carbocycles. The van der Waals surface area contributed by atoms with Gasteiger partial charge in [0.2, 0.25) is 0 Å². The minimum atomic E-state index is -0.189. The molecule has 0 amide bonds. The third kappa shape index (κ3) is 1.72. The largest absolute Gasteiger partial charge is 0.293 e. The van der Waals surface area contributed by atoms with Crippen LogP contribution in [-0.4, -0.2) is 21.5 Å². The number of hydrogen-bond acceptors (Lipinski definition) is 4. The van der Waals surface area contributed by atoms with Crippen LogP contribution in [0.3, 0.4) is 0 Å². The highest BCUT2D eigenvalue weighted by molar-refractivity contribution is 5.95. The average molecular weight is 164 g/mol. The van der Waals surface area contributed by atoms with Crippen molar-refractivity contribution in [1.29, 1.82) is 0 Å². The molecule has 1 aromatic heterocycles. The summed E-state index contributed by atoms with van der Waals surface area (Å²) < 4.78 is 0. The molecule has 0 atom stereocenters. The monoisotopic (exact) mass is 164 g/mol. The van der Waals surface area contributed by atoms with Gasteiger partial charge in [0.25, 0.3) is 0 Å². The number of hydrogen-bond donors (Lipinski definition) is 0. The summed E-state index contributed by atoms with van der Waals surface area (Å²) in [6.07, 6.45) is 2.68. The number of nitrogens with zero attached hydrogens (tertiary/aromatic N) is 2. The van der Waals surface area contributed by atoms with Gasteiger partial charge < -0.3 is 0 Å². The Morgan fingerprint density at radius 3 is 1.83 bits per heavy atom. The summed E-state index contributed by atoms with van der Waals surface area (Å²) in [6, 6.07) is 0. The summed E-state index contributed by atoms with van der Waals surface area (Å²) in [5.41, 5.74) is 0.449. The number of carbonyl (C=O) groups excluding carboxylic acids is 2. The predicted molar refractivity (Wildman–Crippen MR) is 42.0 cm³/mol. The fourth-order valence-corrected chi connectivity index (χ4v) is 0.705. The Morgan fingerprint density at radius 2 is 1.50 bits per heavy atom. The molecule has 1 aromatic rings. The molecule has 0 aromatic carbocycles. The Labute approximate surface area is 69.7 Å². The van der Waals surface area contributed by atoms with Crippen LogP contribution in [0, 0.1) is 0 Å². The highest BCUT2D eigenvalue weighted by Gasteiger charge is 2.05. The second kappa shape index (κ2) is 3.21. The molecule has 0 spiro atoms. The molecule has 0 bridgehead atoms. The third-order valence-corrected chi connectivity index (χ3v) is 1.36. The molecule has 12 heavy (non-hydrogen) atoms. The smallest absolute Gasteiger partial charge is 0.179 e.